The summed E-state index contributed by atoms with van der Waals surface area (Å²) in [5, 5.41) is 8.44. The van der Waals surface area contributed by atoms with Gasteiger partial charge < -0.3 is 20.7 Å². The van der Waals surface area contributed by atoms with Crippen molar-refractivity contribution in [3.05, 3.63) is 58.9 Å². The monoisotopic (exact) mass is 407 g/mol. The van der Waals surface area contributed by atoms with Crippen LogP contribution in [0.3, 0.4) is 0 Å². The third-order valence-electron chi connectivity index (χ3n) is 3.98. The maximum atomic E-state index is 12.9. The molecule has 0 aliphatic rings. The predicted molar refractivity (Wildman–Crippen MR) is 107 cm³/mol. The zero-order valence-electron chi connectivity index (χ0n) is 15.7. The predicted octanol–water partition coefficient (Wildman–Crippen LogP) is 4.09. The van der Waals surface area contributed by atoms with Crippen LogP contribution < -0.4 is 20.7 Å². The number of hydrogen-bond acceptors (Lipinski definition) is 3. The highest BCUT2D eigenvalue weighted by Crippen LogP contribution is 2.27. The van der Waals surface area contributed by atoms with Gasteiger partial charge in [-0.1, -0.05) is 37.1 Å². The Hall–Kier alpha value is -2.80. The molecule has 0 spiro atoms. The van der Waals surface area contributed by atoms with Crippen LogP contribution in [0, 0.1) is 5.82 Å². The van der Waals surface area contributed by atoms with E-state index in [4.69, 9.17) is 16.3 Å². The highest BCUT2D eigenvalue weighted by Gasteiger charge is 2.20. The lowest BCUT2D eigenvalue weighted by atomic mass is 10.1. The molecule has 0 aromatic heterocycles. The molecule has 28 heavy (non-hydrogen) atoms. The fraction of sp³-hybridized carbons (Fsp3) is 0.300. The summed E-state index contributed by atoms with van der Waals surface area (Å²) >= 11 is 6.07. The van der Waals surface area contributed by atoms with E-state index < -0.39 is 12.1 Å². The van der Waals surface area contributed by atoms with Gasteiger partial charge in [0.05, 0.1) is 12.1 Å². The topological polar surface area (TPSA) is 79.5 Å². The van der Waals surface area contributed by atoms with Crippen molar-refractivity contribution in [2.24, 2.45) is 0 Å². The summed E-state index contributed by atoms with van der Waals surface area (Å²) in [7, 11) is 1.51. The fourth-order valence-electron chi connectivity index (χ4n) is 2.52. The Balaban J connectivity index is 1.93. The van der Waals surface area contributed by atoms with Gasteiger partial charge in [0, 0.05) is 12.2 Å². The average molecular weight is 408 g/mol. The summed E-state index contributed by atoms with van der Waals surface area (Å²) in [5.41, 5.74) is 1.26. The van der Waals surface area contributed by atoms with E-state index in [1.54, 1.807) is 30.3 Å². The minimum atomic E-state index is -0.709. The number of halogens is 2. The van der Waals surface area contributed by atoms with Gasteiger partial charge in [-0.15, -0.1) is 0 Å². The SMILES string of the molecule is CCCC(NC(=O)NCc1ccc(F)cc1)C(=O)Nc1ccc(OC)c(Cl)c1. The molecule has 0 bridgehead atoms. The first-order valence-corrected chi connectivity index (χ1v) is 9.24. The van der Waals surface area contributed by atoms with E-state index in [1.807, 2.05) is 6.92 Å². The lowest BCUT2D eigenvalue weighted by Gasteiger charge is -2.18. The molecule has 0 saturated heterocycles. The third-order valence-corrected chi connectivity index (χ3v) is 4.28. The van der Waals surface area contributed by atoms with Crippen molar-refractivity contribution < 1.29 is 18.7 Å². The first kappa shape index (κ1) is 21.5. The van der Waals surface area contributed by atoms with E-state index in [-0.39, 0.29) is 18.3 Å². The summed E-state index contributed by atoms with van der Waals surface area (Å²) in [4.78, 5) is 24.7. The van der Waals surface area contributed by atoms with Crippen molar-refractivity contribution in [3.63, 3.8) is 0 Å². The molecule has 1 unspecified atom stereocenters. The Morgan fingerprint density at radius 2 is 1.89 bits per heavy atom. The van der Waals surface area contributed by atoms with Crippen molar-refractivity contribution in [1.82, 2.24) is 10.6 Å². The number of carbonyl (C=O) groups is 2. The van der Waals surface area contributed by atoms with Crippen molar-refractivity contribution in [2.45, 2.75) is 32.4 Å². The maximum Gasteiger partial charge on any atom is 0.315 e. The fourth-order valence-corrected chi connectivity index (χ4v) is 2.78. The zero-order chi connectivity index (χ0) is 20.5. The van der Waals surface area contributed by atoms with Gasteiger partial charge >= 0.3 is 6.03 Å². The summed E-state index contributed by atoms with van der Waals surface area (Å²) < 4.78 is 18.0. The largest absolute Gasteiger partial charge is 0.495 e. The first-order valence-electron chi connectivity index (χ1n) is 8.86. The molecular formula is C20H23ClFN3O3. The Labute approximate surface area is 168 Å². The van der Waals surface area contributed by atoms with Crippen LogP contribution >= 0.6 is 11.6 Å². The number of anilines is 1. The molecule has 0 aliphatic heterocycles. The smallest absolute Gasteiger partial charge is 0.315 e. The second-order valence-electron chi connectivity index (χ2n) is 6.13. The Morgan fingerprint density at radius 1 is 1.18 bits per heavy atom. The van der Waals surface area contributed by atoms with Gasteiger partial charge in [0.1, 0.15) is 17.6 Å². The minimum absolute atomic E-state index is 0.223. The zero-order valence-corrected chi connectivity index (χ0v) is 16.5. The molecule has 150 valence electrons. The van der Waals surface area contributed by atoms with E-state index in [0.29, 0.717) is 29.3 Å². The Bertz CT molecular complexity index is 815. The molecule has 0 heterocycles. The van der Waals surface area contributed by atoms with Crippen LogP contribution in [0.2, 0.25) is 5.02 Å². The summed E-state index contributed by atoms with van der Waals surface area (Å²) in [6.45, 7) is 2.14. The van der Waals surface area contributed by atoms with E-state index in [1.165, 1.54) is 19.2 Å². The van der Waals surface area contributed by atoms with Crippen molar-refractivity contribution in [3.8, 4) is 5.75 Å². The van der Waals surface area contributed by atoms with Crippen LogP contribution in [0.1, 0.15) is 25.3 Å². The van der Waals surface area contributed by atoms with Crippen LogP contribution in [0.25, 0.3) is 0 Å². The Morgan fingerprint density at radius 3 is 2.50 bits per heavy atom. The van der Waals surface area contributed by atoms with Gasteiger partial charge in [0.15, 0.2) is 0 Å². The van der Waals surface area contributed by atoms with Crippen LogP contribution in [-0.4, -0.2) is 25.1 Å². The lowest BCUT2D eigenvalue weighted by Crippen LogP contribution is -2.47. The van der Waals surface area contributed by atoms with Crippen molar-refractivity contribution in [2.75, 3.05) is 12.4 Å². The van der Waals surface area contributed by atoms with E-state index in [2.05, 4.69) is 16.0 Å². The van der Waals surface area contributed by atoms with E-state index in [0.717, 1.165) is 5.56 Å². The van der Waals surface area contributed by atoms with Crippen LogP contribution in [0.4, 0.5) is 14.9 Å². The lowest BCUT2D eigenvalue weighted by molar-refractivity contribution is -0.118. The number of ether oxygens (including phenoxy) is 1. The highest BCUT2D eigenvalue weighted by molar-refractivity contribution is 6.32. The molecule has 2 aromatic rings. The van der Waals surface area contributed by atoms with Crippen molar-refractivity contribution >= 4 is 29.2 Å². The molecule has 0 saturated carbocycles. The summed E-state index contributed by atoms with van der Waals surface area (Å²) in [5.74, 6) is -0.186. The molecule has 6 nitrogen and oxygen atoms in total. The van der Waals surface area contributed by atoms with Crippen LogP contribution in [0.5, 0.6) is 5.75 Å². The number of nitrogens with one attached hydrogen (secondary N) is 3. The maximum absolute atomic E-state index is 12.9. The third kappa shape index (κ3) is 6.42. The second-order valence-corrected chi connectivity index (χ2v) is 6.54. The van der Waals surface area contributed by atoms with Crippen LogP contribution in [-0.2, 0) is 11.3 Å². The van der Waals surface area contributed by atoms with E-state index >= 15 is 0 Å². The summed E-state index contributed by atoms with van der Waals surface area (Å²) in [6.07, 6.45) is 1.18. The van der Waals surface area contributed by atoms with Gasteiger partial charge in [0.25, 0.3) is 0 Å². The number of urea groups is 1. The molecule has 3 N–H and O–H groups in total. The second kappa shape index (κ2) is 10.5. The molecule has 2 rings (SSSR count). The van der Waals surface area contributed by atoms with Gasteiger partial charge in [0.2, 0.25) is 5.91 Å². The first-order chi connectivity index (χ1) is 13.4. The molecule has 0 aliphatic carbocycles. The number of hydrogen-bond donors (Lipinski definition) is 3. The molecule has 2 aromatic carbocycles. The van der Waals surface area contributed by atoms with Gasteiger partial charge in [-0.25, -0.2) is 9.18 Å². The molecule has 1 atom stereocenters. The standard InChI is InChI=1S/C20H23ClFN3O3/c1-3-4-17(19(26)24-15-9-10-18(28-2)16(21)11-15)25-20(27)23-12-13-5-7-14(22)8-6-13/h5-11,17H,3-4,12H2,1-2H3,(H,24,26)(H2,23,25,27). The highest BCUT2D eigenvalue weighted by atomic mass is 35.5. The normalized spacial score (nSPS) is 11.4. The van der Waals surface area contributed by atoms with Crippen molar-refractivity contribution in [1.29, 1.82) is 0 Å². The average Bonchev–Trinajstić information content (AvgIpc) is 2.67. The van der Waals surface area contributed by atoms with Gasteiger partial charge in [-0.2, -0.15) is 0 Å². The van der Waals surface area contributed by atoms with Gasteiger partial charge in [-0.05, 0) is 42.3 Å². The molecule has 8 heteroatoms. The molecule has 0 radical (unpaired) electrons. The number of amides is 3. The number of rotatable bonds is 8. The number of methoxy groups -OCH3 is 1. The molecular weight excluding hydrogens is 385 g/mol. The molecule has 0 fully saturated rings. The van der Waals surface area contributed by atoms with E-state index in [9.17, 15) is 14.0 Å². The number of benzene rings is 2. The number of carbonyl (C=O) groups excluding carboxylic acids is 2. The van der Waals surface area contributed by atoms with Crippen LogP contribution in [0.15, 0.2) is 42.5 Å². The summed E-state index contributed by atoms with van der Waals surface area (Å²) in [6, 6.07) is 9.51. The Kier molecular flexibility index (Phi) is 8.07. The molecule has 3 amide bonds. The van der Waals surface area contributed by atoms with Gasteiger partial charge in [-0.3, -0.25) is 4.79 Å². The minimum Gasteiger partial charge on any atom is -0.495 e. The quantitative estimate of drug-likeness (QED) is 0.616.